The third-order valence-electron chi connectivity index (χ3n) is 2.45. The highest BCUT2D eigenvalue weighted by Crippen LogP contribution is 2.19. The van der Waals surface area contributed by atoms with Crippen molar-refractivity contribution < 1.29 is 4.42 Å². The highest BCUT2D eigenvalue weighted by Gasteiger charge is 2.14. The van der Waals surface area contributed by atoms with E-state index in [4.69, 9.17) is 16.6 Å². The van der Waals surface area contributed by atoms with Crippen LogP contribution in [0.25, 0.3) is 11.5 Å². The Balaban J connectivity index is 2.42. The van der Waals surface area contributed by atoms with Crippen LogP contribution in [0, 0.1) is 11.7 Å². The maximum absolute atomic E-state index is 5.19. The van der Waals surface area contributed by atoms with Gasteiger partial charge in [-0.25, -0.2) is 4.98 Å². The Kier molecular flexibility index (Phi) is 3.19. The van der Waals surface area contributed by atoms with E-state index in [1.54, 1.807) is 0 Å². The predicted octanol–water partition coefficient (Wildman–Crippen LogP) is 2.70. The molecule has 0 radical (unpaired) electrons. The monoisotopic (exact) mass is 238 g/mol. The summed E-state index contributed by atoms with van der Waals surface area (Å²) in [5.41, 5.74) is 0.753. The minimum absolute atomic E-state index is 0.630. The first-order chi connectivity index (χ1) is 7.74. The molecule has 2 aromatic heterocycles. The summed E-state index contributed by atoms with van der Waals surface area (Å²) in [5, 5.41) is 6.99. The third-order valence-corrected chi connectivity index (χ3v) is 2.76. The Hall–Kier alpha value is -1.43. The Bertz CT molecular complexity index is 525. The maximum atomic E-state index is 5.19. The second-order valence-electron chi connectivity index (χ2n) is 3.61. The van der Waals surface area contributed by atoms with Gasteiger partial charge in [0.1, 0.15) is 11.5 Å². The van der Waals surface area contributed by atoms with E-state index < -0.39 is 0 Å². The summed E-state index contributed by atoms with van der Waals surface area (Å²) in [6, 6.07) is 0. The number of oxazole rings is 1. The number of aromatic amines is 1. The van der Waals surface area contributed by atoms with Crippen molar-refractivity contribution in [2.45, 2.75) is 33.2 Å². The molecular formula is C10H14N4OS. The molecule has 1 N–H and O–H groups in total. The molecule has 0 aromatic carbocycles. The van der Waals surface area contributed by atoms with Crippen LogP contribution in [-0.2, 0) is 6.54 Å². The summed E-state index contributed by atoms with van der Waals surface area (Å²) in [7, 11) is 0. The second-order valence-corrected chi connectivity index (χ2v) is 4.00. The maximum Gasteiger partial charge on any atom is 0.195 e. The number of nitrogens with zero attached hydrogens (tertiary/aromatic N) is 3. The van der Waals surface area contributed by atoms with Gasteiger partial charge in [0.25, 0.3) is 0 Å². The van der Waals surface area contributed by atoms with Crippen LogP contribution in [0.2, 0.25) is 0 Å². The van der Waals surface area contributed by atoms with Crippen LogP contribution in [0.4, 0.5) is 0 Å². The molecule has 0 atom stereocenters. The summed E-state index contributed by atoms with van der Waals surface area (Å²) in [6.45, 7) is 4.86. The molecule has 0 spiro atoms. The molecule has 0 aliphatic carbocycles. The predicted molar refractivity (Wildman–Crippen MR) is 62.6 cm³/mol. The standard InChI is InChI=1S/C10H14N4OS/c1-3-4-5-14-9(12-13-10(14)16)8-7(2)15-6-11-8/h6H,3-5H2,1-2H3,(H,13,16). The highest BCUT2D eigenvalue weighted by atomic mass is 32.1. The lowest BCUT2D eigenvalue weighted by atomic mass is 10.3. The fourth-order valence-electron chi connectivity index (χ4n) is 1.54. The van der Waals surface area contributed by atoms with Crippen LogP contribution in [0.5, 0.6) is 0 Å². The molecule has 16 heavy (non-hydrogen) atoms. The third kappa shape index (κ3) is 1.92. The molecule has 2 rings (SSSR count). The van der Waals surface area contributed by atoms with Crippen LogP contribution in [-0.4, -0.2) is 19.7 Å². The number of aryl methyl sites for hydroxylation is 1. The topological polar surface area (TPSA) is 59.6 Å². The summed E-state index contributed by atoms with van der Waals surface area (Å²) >= 11 is 5.19. The van der Waals surface area contributed by atoms with Crippen molar-refractivity contribution in [2.75, 3.05) is 0 Å². The van der Waals surface area contributed by atoms with Crippen LogP contribution in [0.15, 0.2) is 10.8 Å². The van der Waals surface area contributed by atoms with Gasteiger partial charge in [0.15, 0.2) is 17.0 Å². The average molecular weight is 238 g/mol. The quantitative estimate of drug-likeness (QED) is 0.832. The fourth-order valence-corrected chi connectivity index (χ4v) is 1.77. The molecule has 2 heterocycles. The van der Waals surface area contributed by atoms with Crippen molar-refractivity contribution in [2.24, 2.45) is 0 Å². The molecule has 0 saturated heterocycles. The van der Waals surface area contributed by atoms with Crippen LogP contribution in [0.3, 0.4) is 0 Å². The zero-order valence-electron chi connectivity index (χ0n) is 9.36. The summed E-state index contributed by atoms with van der Waals surface area (Å²) in [6.07, 6.45) is 3.61. The minimum Gasteiger partial charge on any atom is -0.448 e. The summed E-state index contributed by atoms with van der Waals surface area (Å²) < 4.78 is 7.77. The number of hydrogen-bond donors (Lipinski definition) is 1. The van der Waals surface area contributed by atoms with Gasteiger partial charge >= 0.3 is 0 Å². The number of unbranched alkanes of at least 4 members (excludes halogenated alkanes) is 1. The lowest BCUT2D eigenvalue weighted by molar-refractivity contribution is 0.527. The molecule has 0 fully saturated rings. The van der Waals surface area contributed by atoms with Gasteiger partial charge in [-0.1, -0.05) is 13.3 Å². The van der Waals surface area contributed by atoms with Crippen LogP contribution >= 0.6 is 12.2 Å². The Morgan fingerprint density at radius 3 is 3.00 bits per heavy atom. The molecule has 0 saturated carbocycles. The van der Waals surface area contributed by atoms with E-state index in [-0.39, 0.29) is 0 Å². The number of nitrogens with one attached hydrogen (secondary N) is 1. The van der Waals surface area contributed by atoms with Gasteiger partial charge in [-0.2, -0.15) is 5.10 Å². The van der Waals surface area contributed by atoms with Crippen molar-refractivity contribution in [3.63, 3.8) is 0 Å². The number of rotatable bonds is 4. The number of H-pyrrole nitrogens is 1. The van der Waals surface area contributed by atoms with Crippen molar-refractivity contribution in [3.8, 4) is 11.5 Å². The van der Waals surface area contributed by atoms with Gasteiger partial charge in [0.05, 0.1) is 0 Å². The van der Waals surface area contributed by atoms with Crippen molar-refractivity contribution in [1.29, 1.82) is 0 Å². The molecule has 0 unspecified atom stereocenters. The van der Waals surface area contributed by atoms with E-state index >= 15 is 0 Å². The van der Waals surface area contributed by atoms with Gasteiger partial charge in [-0.05, 0) is 25.6 Å². The Labute approximate surface area is 98.5 Å². The van der Waals surface area contributed by atoms with E-state index in [1.807, 2.05) is 11.5 Å². The van der Waals surface area contributed by atoms with Crippen LogP contribution in [0.1, 0.15) is 25.5 Å². The molecule has 0 aliphatic heterocycles. The average Bonchev–Trinajstić information content (AvgIpc) is 2.82. The van der Waals surface area contributed by atoms with Crippen molar-refractivity contribution in [3.05, 3.63) is 16.9 Å². The van der Waals surface area contributed by atoms with E-state index in [0.717, 1.165) is 36.7 Å². The highest BCUT2D eigenvalue weighted by molar-refractivity contribution is 7.71. The smallest absolute Gasteiger partial charge is 0.195 e. The van der Waals surface area contributed by atoms with Gasteiger partial charge in [0, 0.05) is 6.54 Å². The first-order valence-corrected chi connectivity index (χ1v) is 5.70. The van der Waals surface area contributed by atoms with Gasteiger partial charge in [0.2, 0.25) is 0 Å². The van der Waals surface area contributed by atoms with Crippen molar-refractivity contribution in [1.82, 2.24) is 19.7 Å². The molecule has 2 aromatic rings. The molecule has 6 heteroatoms. The minimum atomic E-state index is 0.630. The van der Waals surface area contributed by atoms with E-state index in [0.29, 0.717) is 4.77 Å². The van der Waals surface area contributed by atoms with Crippen LogP contribution < -0.4 is 0 Å². The first kappa shape index (κ1) is 11.1. The molecule has 0 amide bonds. The van der Waals surface area contributed by atoms with E-state index in [1.165, 1.54) is 6.39 Å². The zero-order valence-corrected chi connectivity index (χ0v) is 10.2. The second kappa shape index (κ2) is 4.61. The number of hydrogen-bond acceptors (Lipinski definition) is 4. The molecular weight excluding hydrogens is 224 g/mol. The Morgan fingerprint density at radius 2 is 2.38 bits per heavy atom. The summed E-state index contributed by atoms with van der Waals surface area (Å²) in [4.78, 5) is 4.15. The first-order valence-electron chi connectivity index (χ1n) is 5.29. The largest absolute Gasteiger partial charge is 0.448 e. The SMILES string of the molecule is CCCCn1c(-c2ncoc2C)n[nH]c1=S. The lowest BCUT2D eigenvalue weighted by Crippen LogP contribution is -2.01. The lowest BCUT2D eigenvalue weighted by Gasteiger charge is -2.03. The van der Waals surface area contributed by atoms with Gasteiger partial charge in [-0.15, -0.1) is 0 Å². The zero-order chi connectivity index (χ0) is 11.5. The fraction of sp³-hybridized carbons (Fsp3) is 0.500. The summed E-state index contributed by atoms with van der Waals surface area (Å²) in [5.74, 6) is 1.51. The van der Waals surface area contributed by atoms with Crippen molar-refractivity contribution >= 4 is 12.2 Å². The van der Waals surface area contributed by atoms with E-state index in [9.17, 15) is 0 Å². The molecule has 0 aliphatic rings. The molecule has 0 bridgehead atoms. The van der Waals surface area contributed by atoms with E-state index in [2.05, 4.69) is 22.1 Å². The normalized spacial score (nSPS) is 10.9. The van der Waals surface area contributed by atoms with Gasteiger partial charge in [-0.3, -0.25) is 9.67 Å². The Morgan fingerprint density at radius 1 is 1.56 bits per heavy atom. The number of aromatic nitrogens is 4. The molecule has 5 nitrogen and oxygen atoms in total. The van der Waals surface area contributed by atoms with Gasteiger partial charge < -0.3 is 4.42 Å². The molecule has 86 valence electrons.